The summed E-state index contributed by atoms with van der Waals surface area (Å²) >= 11 is 6.91. The average molecular weight is 496 g/mol. The normalized spacial score (nSPS) is 12.1. The van der Waals surface area contributed by atoms with E-state index < -0.39 is 6.61 Å². The molecule has 0 radical (unpaired) electrons. The minimum atomic E-state index is -2.88. The van der Waals surface area contributed by atoms with Crippen molar-refractivity contribution < 1.29 is 18.3 Å². The van der Waals surface area contributed by atoms with Gasteiger partial charge in [-0.05, 0) is 73.7 Å². The van der Waals surface area contributed by atoms with Gasteiger partial charge in [-0.15, -0.1) is 5.92 Å². The SMILES string of the molecule is CC#CCN1C(=O)c2ccccc2Sc2cc(NC(=S)Nc3ccc(OC(F)F)cc3)ccc21. The molecule has 0 atom stereocenters. The van der Waals surface area contributed by atoms with Crippen molar-refractivity contribution in [1.82, 2.24) is 0 Å². The maximum absolute atomic E-state index is 13.2. The molecular formula is C25H19F2N3O2S2. The molecule has 9 heteroatoms. The van der Waals surface area contributed by atoms with Crippen molar-refractivity contribution in [1.29, 1.82) is 0 Å². The molecule has 172 valence electrons. The van der Waals surface area contributed by atoms with Gasteiger partial charge in [-0.2, -0.15) is 8.78 Å². The van der Waals surface area contributed by atoms with Crippen LogP contribution < -0.4 is 20.3 Å². The van der Waals surface area contributed by atoms with E-state index in [0.29, 0.717) is 16.4 Å². The smallest absolute Gasteiger partial charge is 0.387 e. The van der Waals surface area contributed by atoms with Crippen LogP contribution in [0.25, 0.3) is 0 Å². The first-order chi connectivity index (χ1) is 16.4. The van der Waals surface area contributed by atoms with E-state index >= 15 is 0 Å². The lowest BCUT2D eigenvalue weighted by molar-refractivity contribution is -0.0498. The van der Waals surface area contributed by atoms with Crippen molar-refractivity contribution in [3.63, 3.8) is 0 Å². The van der Waals surface area contributed by atoms with Crippen LogP contribution in [0.2, 0.25) is 0 Å². The lowest BCUT2D eigenvalue weighted by atomic mass is 10.1. The Balaban J connectivity index is 1.54. The highest BCUT2D eigenvalue weighted by atomic mass is 32.2. The summed E-state index contributed by atoms with van der Waals surface area (Å²) in [5.74, 6) is 5.80. The molecule has 0 unspecified atom stereocenters. The minimum Gasteiger partial charge on any atom is -0.435 e. The zero-order valence-corrected chi connectivity index (χ0v) is 19.6. The molecule has 3 aromatic rings. The number of anilines is 3. The van der Waals surface area contributed by atoms with Gasteiger partial charge in [0.05, 0.1) is 17.8 Å². The molecule has 0 spiro atoms. The first-order valence-electron chi connectivity index (χ1n) is 10.2. The molecule has 34 heavy (non-hydrogen) atoms. The molecule has 0 aliphatic carbocycles. The van der Waals surface area contributed by atoms with Gasteiger partial charge in [-0.1, -0.05) is 29.8 Å². The third-order valence-electron chi connectivity index (χ3n) is 4.84. The number of halogens is 2. The second-order valence-electron chi connectivity index (χ2n) is 7.08. The maximum Gasteiger partial charge on any atom is 0.387 e. The van der Waals surface area contributed by atoms with Crippen molar-refractivity contribution in [2.24, 2.45) is 0 Å². The third kappa shape index (κ3) is 5.47. The molecule has 0 aromatic heterocycles. The number of rotatable bonds is 5. The standard InChI is InChI=1S/C25H19F2N3O2S2/c1-2-3-14-30-20-13-10-17(15-22(20)34-21-7-5-4-6-19(21)23(30)31)29-25(33)28-16-8-11-18(12-9-16)32-24(26)27/h4-13,15,24H,14H2,1H3,(H2,28,29,33). The Kier molecular flexibility index (Phi) is 7.30. The summed E-state index contributed by atoms with van der Waals surface area (Å²) in [5.41, 5.74) is 2.75. The highest BCUT2D eigenvalue weighted by molar-refractivity contribution is 7.99. The molecule has 1 heterocycles. The van der Waals surface area contributed by atoms with Gasteiger partial charge in [0.15, 0.2) is 5.11 Å². The van der Waals surface area contributed by atoms with Gasteiger partial charge >= 0.3 is 6.61 Å². The topological polar surface area (TPSA) is 53.6 Å². The fourth-order valence-corrected chi connectivity index (χ4v) is 4.68. The first-order valence-corrected chi connectivity index (χ1v) is 11.4. The van der Waals surface area contributed by atoms with Crippen molar-refractivity contribution in [2.75, 3.05) is 22.1 Å². The first kappa shape index (κ1) is 23.5. The van der Waals surface area contributed by atoms with Gasteiger partial charge in [0.2, 0.25) is 0 Å². The van der Waals surface area contributed by atoms with Gasteiger partial charge < -0.3 is 15.4 Å². The van der Waals surface area contributed by atoms with Crippen molar-refractivity contribution in [2.45, 2.75) is 23.3 Å². The fraction of sp³-hybridized carbons (Fsp3) is 0.120. The minimum absolute atomic E-state index is 0.0642. The Bertz CT molecular complexity index is 1290. The van der Waals surface area contributed by atoms with Gasteiger partial charge in [0, 0.05) is 21.2 Å². The monoisotopic (exact) mass is 495 g/mol. The summed E-state index contributed by atoms with van der Waals surface area (Å²) in [4.78, 5) is 16.6. The number of hydrogen-bond donors (Lipinski definition) is 2. The van der Waals surface area contributed by atoms with Crippen LogP contribution in [0.1, 0.15) is 17.3 Å². The number of fused-ring (bicyclic) bond motifs is 2. The molecule has 2 N–H and O–H groups in total. The average Bonchev–Trinajstić information content (AvgIpc) is 2.92. The zero-order valence-electron chi connectivity index (χ0n) is 18.0. The van der Waals surface area contributed by atoms with Crippen LogP contribution >= 0.6 is 24.0 Å². The zero-order chi connectivity index (χ0) is 24.1. The number of ether oxygens (including phenoxy) is 1. The lowest BCUT2D eigenvalue weighted by Crippen LogP contribution is -2.31. The summed E-state index contributed by atoms with van der Waals surface area (Å²) in [6.07, 6.45) is 0. The maximum atomic E-state index is 13.2. The van der Waals surface area contributed by atoms with Gasteiger partial charge in [-0.3, -0.25) is 9.69 Å². The third-order valence-corrected chi connectivity index (χ3v) is 6.17. The van der Waals surface area contributed by atoms with E-state index in [4.69, 9.17) is 12.2 Å². The number of amides is 1. The summed E-state index contributed by atoms with van der Waals surface area (Å²) in [5, 5.41) is 6.46. The number of carbonyl (C=O) groups excluding carboxylic acids is 1. The summed E-state index contributed by atoms with van der Waals surface area (Å²) < 4.78 is 29.0. The number of nitrogens with one attached hydrogen (secondary N) is 2. The molecule has 3 aromatic carbocycles. The second kappa shape index (κ2) is 10.5. The van der Waals surface area contributed by atoms with Crippen molar-refractivity contribution in [3.05, 3.63) is 72.3 Å². The second-order valence-corrected chi connectivity index (χ2v) is 8.57. The van der Waals surface area contributed by atoms with Gasteiger partial charge in [0.1, 0.15) is 5.75 Å². The molecule has 5 nitrogen and oxygen atoms in total. The molecule has 0 fully saturated rings. The predicted octanol–water partition coefficient (Wildman–Crippen LogP) is 6.23. The summed E-state index contributed by atoms with van der Waals surface area (Å²) in [7, 11) is 0. The molecule has 0 bridgehead atoms. The highest BCUT2D eigenvalue weighted by Crippen LogP contribution is 2.42. The molecule has 1 aliphatic heterocycles. The number of carbonyl (C=O) groups is 1. The number of thiocarbonyl (C=S) groups is 1. The van der Waals surface area contributed by atoms with E-state index in [0.717, 1.165) is 21.2 Å². The van der Waals surface area contributed by atoms with Crippen molar-refractivity contribution in [3.8, 4) is 17.6 Å². The molecule has 4 rings (SSSR count). The summed E-state index contributed by atoms with van der Waals surface area (Å²) in [6, 6.07) is 19.2. The van der Waals surface area contributed by atoms with Crippen LogP contribution in [0.3, 0.4) is 0 Å². The molecule has 1 amide bonds. The van der Waals surface area contributed by atoms with E-state index in [-0.39, 0.29) is 18.2 Å². The van der Waals surface area contributed by atoms with Crippen molar-refractivity contribution >= 4 is 52.1 Å². The molecule has 1 aliphatic rings. The Morgan fingerprint density at radius 3 is 2.50 bits per heavy atom. The van der Waals surface area contributed by atoms with E-state index in [1.165, 1.54) is 23.9 Å². The lowest BCUT2D eigenvalue weighted by Gasteiger charge is -2.21. The Morgan fingerprint density at radius 1 is 1.06 bits per heavy atom. The van der Waals surface area contributed by atoms with Gasteiger partial charge in [-0.25, -0.2) is 0 Å². The Labute approximate surface area is 205 Å². The highest BCUT2D eigenvalue weighted by Gasteiger charge is 2.26. The quantitative estimate of drug-likeness (QED) is 0.323. The van der Waals surface area contributed by atoms with Crippen LogP contribution in [-0.4, -0.2) is 24.2 Å². The predicted molar refractivity (Wildman–Crippen MR) is 135 cm³/mol. The number of nitrogens with zero attached hydrogens (tertiary/aromatic N) is 1. The van der Waals surface area contributed by atoms with Crippen LogP contribution in [0, 0.1) is 11.8 Å². The molecule has 0 saturated carbocycles. The van der Waals surface area contributed by atoms with E-state index in [2.05, 4.69) is 27.2 Å². The van der Waals surface area contributed by atoms with E-state index in [1.807, 2.05) is 42.5 Å². The van der Waals surface area contributed by atoms with Crippen LogP contribution in [0.4, 0.5) is 25.8 Å². The van der Waals surface area contributed by atoms with Crippen LogP contribution in [-0.2, 0) is 0 Å². The largest absolute Gasteiger partial charge is 0.435 e. The fourth-order valence-electron chi connectivity index (χ4n) is 3.33. The number of hydrogen-bond acceptors (Lipinski definition) is 4. The van der Waals surface area contributed by atoms with E-state index in [9.17, 15) is 13.6 Å². The summed E-state index contributed by atoms with van der Waals surface area (Å²) in [6.45, 7) is -0.846. The van der Waals surface area contributed by atoms with E-state index in [1.54, 1.807) is 24.0 Å². The van der Waals surface area contributed by atoms with Gasteiger partial charge in [0.25, 0.3) is 5.91 Å². The number of benzene rings is 3. The Hall–Kier alpha value is -3.61. The van der Waals surface area contributed by atoms with Crippen LogP contribution in [0.5, 0.6) is 5.75 Å². The van der Waals surface area contributed by atoms with Crippen LogP contribution in [0.15, 0.2) is 76.5 Å². The molecular weight excluding hydrogens is 476 g/mol. The molecule has 0 saturated heterocycles. The Morgan fingerprint density at radius 2 is 1.76 bits per heavy atom. The number of alkyl halides is 2.